The highest BCUT2D eigenvalue weighted by Crippen LogP contribution is 2.02. The van der Waals surface area contributed by atoms with Crippen LogP contribution in [0.25, 0.3) is 0 Å². The van der Waals surface area contributed by atoms with Crippen LogP contribution in [-0.2, 0) is 16.1 Å². The first kappa shape index (κ1) is 16.3. The van der Waals surface area contributed by atoms with Crippen LogP contribution in [0, 0.1) is 0 Å². The number of carbonyl (C=O) groups is 2. The van der Waals surface area contributed by atoms with Crippen molar-refractivity contribution in [3.63, 3.8) is 0 Å². The molecular formula is C12H18B2N2O4. The third-order valence-electron chi connectivity index (χ3n) is 2.50. The molecule has 0 saturated heterocycles. The Morgan fingerprint density at radius 1 is 1.40 bits per heavy atom. The van der Waals surface area contributed by atoms with Crippen molar-refractivity contribution in [2.75, 3.05) is 6.54 Å². The number of rotatable bonds is 7. The summed E-state index contributed by atoms with van der Waals surface area (Å²) in [5, 5.41) is 14.3. The van der Waals surface area contributed by atoms with Gasteiger partial charge in [-0.1, -0.05) is 30.3 Å². The zero-order valence-corrected chi connectivity index (χ0v) is 11.6. The molecule has 1 amide bonds. The van der Waals surface area contributed by atoms with Gasteiger partial charge in [-0.15, -0.1) is 0 Å². The molecule has 0 bridgehead atoms. The third kappa shape index (κ3) is 6.40. The molecule has 0 heterocycles. The Hall–Kier alpha value is -1.79. The van der Waals surface area contributed by atoms with E-state index in [4.69, 9.17) is 9.76 Å². The van der Waals surface area contributed by atoms with Crippen molar-refractivity contribution in [1.29, 1.82) is 0 Å². The first-order chi connectivity index (χ1) is 9.49. The number of esters is 1. The summed E-state index contributed by atoms with van der Waals surface area (Å²) in [7, 11) is 0.549. The predicted molar refractivity (Wildman–Crippen MR) is 78.9 cm³/mol. The Labute approximate surface area is 119 Å². The van der Waals surface area contributed by atoms with Crippen LogP contribution in [0.15, 0.2) is 30.3 Å². The fourth-order valence-corrected chi connectivity index (χ4v) is 1.56. The second kappa shape index (κ2) is 8.39. The van der Waals surface area contributed by atoms with Crippen LogP contribution in [0.1, 0.15) is 5.56 Å². The van der Waals surface area contributed by atoms with Gasteiger partial charge in [0.05, 0.1) is 0 Å². The van der Waals surface area contributed by atoms with E-state index in [9.17, 15) is 9.59 Å². The van der Waals surface area contributed by atoms with Gasteiger partial charge in [0.2, 0.25) is 7.85 Å². The number of benzene rings is 1. The molecule has 0 aliphatic heterocycles. The van der Waals surface area contributed by atoms with E-state index in [0.29, 0.717) is 0 Å². The summed E-state index contributed by atoms with van der Waals surface area (Å²) >= 11 is 0. The average molecular weight is 276 g/mol. The van der Waals surface area contributed by atoms with E-state index >= 15 is 0 Å². The summed E-state index contributed by atoms with van der Waals surface area (Å²) in [6.45, 7) is 1.77. The smallest absolute Gasteiger partial charge is 0.373 e. The molecular weight excluding hydrogens is 258 g/mol. The summed E-state index contributed by atoms with van der Waals surface area (Å²) in [5.41, 5.74) is 0.867. The minimum atomic E-state index is -0.828. The van der Waals surface area contributed by atoms with E-state index in [1.54, 1.807) is 0 Å². The van der Waals surface area contributed by atoms with Gasteiger partial charge in [-0.25, -0.2) is 4.79 Å². The topological polar surface area (TPSA) is 87.7 Å². The first-order valence-corrected chi connectivity index (χ1v) is 6.38. The van der Waals surface area contributed by atoms with Crippen LogP contribution in [0.5, 0.6) is 0 Å². The van der Waals surface area contributed by atoms with Crippen molar-refractivity contribution in [2.24, 2.45) is 0 Å². The molecule has 8 heteroatoms. The van der Waals surface area contributed by atoms with Gasteiger partial charge in [-0.3, -0.25) is 4.79 Å². The standard InChI is InChI=1S/C12H18B2N2O4/c1-14(19)15-7-10(16-12(13)18)11(17)20-8-9-5-3-2-4-6-9/h2-6,10,15,19H,7-8,13H2,1H3,(H,16,18). The largest absolute Gasteiger partial charge is 0.459 e. The summed E-state index contributed by atoms with van der Waals surface area (Å²) in [6, 6.07) is 8.43. The summed E-state index contributed by atoms with van der Waals surface area (Å²) in [5.74, 6) is -0.878. The maximum absolute atomic E-state index is 11.9. The molecule has 0 fully saturated rings. The molecule has 1 aromatic carbocycles. The predicted octanol–water partition coefficient (Wildman–Crippen LogP) is -0.859. The third-order valence-corrected chi connectivity index (χ3v) is 2.50. The number of carbonyl (C=O) groups excluding carboxylic acids is 2. The Bertz CT molecular complexity index is 442. The molecule has 3 N–H and O–H groups in total. The van der Waals surface area contributed by atoms with Crippen LogP contribution in [-0.4, -0.2) is 44.3 Å². The molecule has 1 atom stereocenters. The van der Waals surface area contributed by atoms with Crippen molar-refractivity contribution in [2.45, 2.75) is 19.5 Å². The van der Waals surface area contributed by atoms with Gasteiger partial charge in [0.15, 0.2) is 5.81 Å². The van der Waals surface area contributed by atoms with Gasteiger partial charge in [-0.05, 0) is 12.4 Å². The van der Waals surface area contributed by atoms with Gasteiger partial charge in [-0.2, -0.15) is 0 Å². The van der Waals surface area contributed by atoms with E-state index in [-0.39, 0.29) is 19.0 Å². The number of nitrogens with one attached hydrogen (secondary N) is 2. The van der Waals surface area contributed by atoms with Crippen molar-refractivity contribution in [1.82, 2.24) is 10.5 Å². The van der Waals surface area contributed by atoms with E-state index in [1.807, 2.05) is 30.3 Å². The zero-order chi connectivity index (χ0) is 15.0. The second-order valence-corrected chi connectivity index (χ2v) is 4.43. The highest BCUT2D eigenvalue weighted by Gasteiger charge is 2.21. The van der Waals surface area contributed by atoms with E-state index in [0.717, 1.165) is 5.56 Å². The normalized spacial score (nSPS) is 11.5. The zero-order valence-electron chi connectivity index (χ0n) is 11.6. The molecule has 0 spiro atoms. The van der Waals surface area contributed by atoms with Crippen molar-refractivity contribution in [3.8, 4) is 0 Å². The fourth-order valence-electron chi connectivity index (χ4n) is 1.56. The van der Waals surface area contributed by atoms with E-state index < -0.39 is 19.1 Å². The highest BCUT2D eigenvalue weighted by molar-refractivity contribution is 6.57. The van der Waals surface area contributed by atoms with E-state index in [2.05, 4.69) is 10.5 Å². The quantitative estimate of drug-likeness (QED) is 0.445. The SMILES string of the molecule is BC(=O)NC(CNB(C)O)C(=O)OCc1ccccc1. The van der Waals surface area contributed by atoms with Crippen LogP contribution in [0.2, 0.25) is 6.82 Å². The van der Waals surface area contributed by atoms with E-state index in [1.165, 1.54) is 14.7 Å². The lowest BCUT2D eigenvalue weighted by atomic mass is 9.88. The fraction of sp³-hybridized carbons (Fsp3) is 0.333. The van der Waals surface area contributed by atoms with Crippen molar-refractivity contribution >= 4 is 26.7 Å². The maximum Gasteiger partial charge on any atom is 0.373 e. The van der Waals surface area contributed by atoms with Crippen LogP contribution < -0.4 is 10.5 Å². The summed E-state index contributed by atoms with van der Waals surface area (Å²) in [6.07, 6.45) is 0. The first-order valence-electron chi connectivity index (χ1n) is 6.38. The molecule has 0 aliphatic rings. The molecule has 1 aromatic rings. The Morgan fingerprint density at radius 2 is 2.05 bits per heavy atom. The number of hydrogen-bond acceptors (Lipinski definition) is 5. The minimum absolute atomic E-state index is 0.102. The van der Waals surface area contributed by atoms with Crippen LogP contribution >= 0.6 is 0 Å². The molecule has 0 saturated carbocycles. The molecule has 20 heavy (non-hydrogen) atoms. The molecule has 1 rings (SSSR count). The van der Waals surface area contributed by atoms with Crippen molar-refractivity contribution < 1.29 is 19.3 Å². The lowest BCUT2D eigenvalue weighted by Crippen LogP contribution is -2.50. The van der Waals surface area contributed by atoms with Crippen LogP contribution in [0.4, 0.5) is 4.79 Å². The molecule has 0 aliphatic carbocycles. The van der Waals surface area contributed by atoms with Crippen LogP contribution in [0.3, 0.4) is 0 Å². The Morgan fingerprint density at radius 3 is 2.60 bits per heavy atom. The number of hydrogen-bond donors (Lipinski definition) is 3. The van der Waals surface area contributed by atoms with Crippen molar-refractivity contribution in [3.05, 3.63) is 35.9 Å². The average Bonchev–Trinajstić information content (AvgIpc) is 2.41. The van der Waals surface area contributed by atoms with Gasteiger partial charge < -0.3 is 20.3 Å². The monoisotopic (exact) mass is 276 g/mol. The maximum atomic E-state index is 11.9. The number of ether oxygens (including phenoxy) is 1. The Kier molecular flexibility index (Phi) is 6.83. The molecule has 0 radical (unpaired) electrons. The summed E-state index contributed by atoms with van der Waals surface area (Å²) in [4.78, 5) is 23.0. The molecule has 106 valence electrons. The number of amides is 1. The lowest BCUT2D eigenvalue weighted by molar-refractivity contribution is -0.146. The lowest BCUT2D eigenvalue weighted by Gasteiger charge is -2.18. The molecule has 0 aromatic heterocycles. The van der Waals surface area contributed by atoms with Gasteiger partial charge in [0.25, 0.3) is 0 Å². The van der Waals surface area contributed by atoms with Gasteiger partial charge in [0.1, 0.15) is 12.6 Å². The highest BCUT2D eigenvalue weighted by atomic mass is 16.5. The molecule has 1 unspecified atom stereocenters. The van der Waals surface area contributed by atoms with Gasteiger partial charge >= 0.3 is 13.0 Å². The summed E-state index contributed by atoms with van der Waals surface area (Å²) < 4.78 is 5.15. The minimum Gasteiger partial charge on any atom is -0.459 e. The Balaban J connectivity index is 2.51. The molecule has 6 nitrogen and oxygen atoms in total. The van der Waals surface area contributed by atoms with Gasteiger partial charge in [0, 0.05) is 6.54 Å². The second-order valence-electron chi connectivity index (χ2n) is 4.43.